The first-order chi connectivity index (χ1) is 5.05. The average molecular weight is 156 g/mol. The highest BCUT2D eigenvalue weighted by Crippen LogP contribution is 2.57. The Morgan fingerprint density at radius 1 is 1.55 bits per heavy atom. The lowest BCUT2D eigenvalue weighted by molar-refractivity contribution is -0.143. The van der Waals surface area contributed by atoms with E-state index in [0.29, 0.717) is 0 Å². The van der Waals surface area contributed by atoms with Gasteiger partial charge < -0.3 is 9.53 Å². The number of rotatable bonds is 2. The smallest absolute Gasteiger partial charge is 0.309 e. The standard InChI is InChI=1S/C8H12O3/c1-8(2)5(4-9)6(8)7(10)11-3/h4-6H,1-3H3. The van der Waals surface area contributed by atoms with Crippen LogP contribution in [0, 0.1) is 17.3 Å². The molecule has 1 aliphatic rings. The minimum Gasteiger partial charge on any atom is -0.469 e. The molecule has 62 valence electrons. The molecule has 0 aromatic carbocycles. The number of methoxy groups -OCH3 is 1. The Hall–Kier alpha value is -0.860. The first-order valence-electron chi connectivity index (χ1n) is 3.58. The second-order valence-corrected chi connectivity index (χ2v) is 3.48. The van der Waals surface area contributed by atoms with Crippen molar-refractivity contribution >= 4 is 12.3 Å². The van der Waals surface area contributed by atoms with Crippen molar-refractivity contribution in [2.45, 2.75) is 13.8 Å². The predicted octanol–water partition coefficient (Wildman–Crippen LogP) is 0.630. The van der Waals surface area contributed by atoms with Crippen LogP contribution in [0.25, 0.3) is 0 Å². The van der Waals surface area contributed by atoms with Crippen molar-refractivity contribution in [1.82, 2.24) is 0 Å². The Bertz CT molecular complexity index is 196. The summed E-state index contributed by atoms with van der Waals surface area (Å²) >= 11 is 0. The first-order valence-corrected chi connectivity index (χ1v) is 3.58. The zero-order valence-electron chi connectivity index (χ0n) is 6.96. The Morgan fingerprint density at radius 3 is 2.36 bits per heavy atom. The average Bonchev–Trinajstić information content (AvgIpc) is 2.51. The summed E-state index contributed by atoms with van der Waals surface area (Å²) in [7, 11) is 1.35. The lowest BCUT2D eigenvalue weighted by Crippen LogP contribution is -2.07. The van der Waals surface area contributed by atoms with Crippen LogP contribution < -0.4 is 0 Å². The highest BCUT2D eigenvalue weighted by atomic mass is 16.5. The first kappa shape index (κ1) is 8.24. The molecule has 1 rings (SSSR count). The van der Waals surface area contributed by atoms with Crippen molar-refractivity contribution < 1.29 is 14.3 Å². The predicted molar refractivity (Wildman–Crippen MR) is 38.8 cm³/mol. The molecule has 0 aliphatic heterocycles. The molecule has 2 unspecified atom stereocenters. The van der Waals surface area contributed by atoms with Gasteiger partial charge in [-0.1, -0.05) is 13.8 Å². The van der Waals surface area contributed by atoms with Gasteiger partial charge in [0.2, 0.25) is 0 Å². The minimum atomic E-state index is -0.271. The summed E-state index contributed by atoms with van der Waals surface area (Å²) in [6, 6.07) is 0. The van der Waals surface area contributed by atoms with Gasteiger partial charge in [-0.15, -0.1) is 0 Å². The molecule has 1 aliphatic carbocycles. The van der Waals surface area contributed by atoms with E-state index in [0.717, 1.165) is 6.29 Å². The van der Waals surface area contributed by atoms with E-state index in [1.165, 1.54) is 7.11 Å². The van der Waals surface area contributed by atoms with Gasteiger partial charge in [-0.25, -0.2) is 0 Å². The van der Waals surface area contributed by atoms with E-state index in [-0.39, 0.29) is 23.2 Å². The van der Waals surface area contributed by atoms with Crippen LogP contribution in [0.5, 0.6) is 0 Å². The van der Waals surface area contributed by atoms with Gasteiger partial charge in [0.15, 0.2) is 0 Å². The summed E-state index contributed by atoms with van der Waals surface area (Å²) in [5, 5.41) is 0. The van der Waals surface area contributed by atoms with E-state index in [2.05, 4.69) is 4.74 Å². The molecule has 1 saturated carbocycles. The summed E-state index contributed by atoms with van der Waals surface area (Å²) in [6.07, 6.45) is 0.835. The molecule has 0 aromatic rings. The van der Waals surface area contributed by atoms with Crippen LogP contribution in [-0.2, 0) is 14.3 Å². The van der Waals surface area contributed by atoms with Crippen LogP contribution in [0.15, 0.2) is 0 Å². The van der Waals surface area contributed by atoms with Crippen LogP contribution in [0.2, 0.25) is 0 Å². The number of ether oxygens (including phenoxy) is 1. The topological polar surface area (TPSA) is 43.4 Å². The molecule has 0 radical (unpaired) electrons. The third-order valence-corrected chi connectivity index (χ3v) is 2.51. The zero-order valence-corrected chi connectivity index (χ0v) is 6.96. The number of esters is 1. The van der Waals surface area contributed by atoms with E-state index in [1.54, 1.807) is 0 Å². The summed E-state index contributed by atoms with van der Waals surface area (Å²) in [4.78, 5) is 21.4. The van der Waals surface area contributed by atoms with Crippen LogP contribution >= 0.6 is 0 Å². The third-order valence-electron chi connectivity index (χ3n) is 2.51. The van der Waals surface area contributed by atoms with Crippen LogP contribution in [0.4, 0.5) is 0 Å². The number of aldehydes is 1. The van der Waals surface area contributed by atoms with Crippen LogP contribution in [0.3, 0.4) is 0 Å². The lowest BCUT2D eigenvalue weighted by atomic mass is 10.1. The number of carbonyl (C=O) groups is 2. The summed E-state index contributed by atoms with van der Waals surface area (Å²) < 4.78 is 4.54. The van der Waals surface area contributed by atoms with Crippen molar-refractivity contribution in [1.29, 1.82) is 0 Å². The molecule has 3 nitrogen and oxygen atoms in total. The van der Waals surface area contributed by atoms with E-state index in [9.17, 15) is 9.59 Å². The molecule has 0 N–H and O–H groups in total. The van der Waals surface area contributed by atoms with Crippen molar-refractivity contribution in [2.24, 2.45) is 17.3 Å². The number of carbonyl (C=O) groups excluding carboxylic acids is 2. The highest BCUT2D eigenvalue weighted by molar-refractivity contribution is 5.84. The molecule has 1 fully saturated rings. The third kappa shape index (κ3) is 1.04. The molecule has 0 bridgehead atoms. The van der Waals surface area contributed by atoms with Gasteiger partial charge in [0.25, 0.3) is 0 Å². The number of hydrogen-bond acceptors (Lipinski definition) is 3. The normalized spacial score (nSPS) is 32.6. The fourth-order valence-electron chi connectivity index (χ4n) is 1.51. The molecule has 0 heterocycles. The van der Waals surface area contributed by atoms with Crippen molar-refractivity contribution in [3.05, 3.63) is 0 Å². The van der Waals surface area contributed by atoms with Gasteiger partial charge in [0, 0.05) is 5.92 Å². The molecule has 11 heavy (non-hydrogen) atoms. The maximum atomic E-state index is 11.0. The molecule has 3 heteroatoms. The number of hydrogen-bond donors (Lipinski definition) is 0. The second kappa shape index (κ2) is 2.32. The van der Waals surface area contributed by atoms with Gasteiger partial charge in [-0.2, -0.15) is 0 Å². The monoisotopic (exact) mass is 156 g/mol. The fourth-order valence-corrected chi connectivity index (χ4v) is 1.51. The molecular weight excluding hydrogens is 144 g/mol. The highest BCUT2D eigenvalue weighted by Gasteiger charge is 2.62. The van der Waals surface area contributed by atoms with E-state index >= 15 is 0 Å². The van der Waals surface area contributed by atoms with Gasteiger partial charge in [0.1, 0.15) is 6.29 Å². The van der Waals surface area contributed by atoms with Crippen molar-refractivity contribution in [2.75, 3.05) is 7.11 Å². The summed E-state index contributed by atoms with van der Waals surface area (Å²) in [6.45, 7) is 3.79. The second-order valence-electron chi connectivity index (χ2n) is 3.48. The van der Waals surface area contributed by atoms with E-state index in [4.69, 9.17) is 0 Å². The quantitative estimate of drug-likeness (QED) is 0.435. The Labute approximate surface area is 65.7 Å². The SMILES string of the molecule is COC(=O)C1C(C=O)C1(C)C. The van der Waals surface area contributed by atoms with Gasteiger partial charge in [-0.05, 0) is 5.41 Å². The van der Waals surface area contributed by atoms with Gasteiger partial charge in [-0.3, -0.25) is 4.79 Å². The molecule has 2 atom stereocenters. The van der Waals surface area contributed by atoms with E-state index in [1.807, 2.05) is 13.8 Å². The van der Waals surface area contributed by atoms with Crippen LogP contribution in [-0.4, -0.2) is 19.4 Å². The van der Waals surface area contributed by atoms with Crippen molar-refractivity contribution in [3.63, 3.8) is 0 Å². The Kier molecular flexibility index (Phi) is 1.74. The Balaban J connectivity index is 2.66. The summed E-state index contributed by atoms with van der Waals surface area (Å²) in [5.41, 5.74) is -0.186. The minimum absolute atomic E-state index is 0.144. The zero-order chi connectivity index (χ0) is 8.65. The summed E-state index contributed by atoms with van der Waals surface area (Å²) in [5.74, 6) is -0.632. The largest absolute Gasteiger partial charge is 0.469 e. The van der Waals surface area contributed by atoms with E-state index < -0.39 is 0 Å². The molecule has 0 amide bonds. The maximum Gasteiger partial charge on any atom is 0.309 e. The molecule has 0 saturated heterocycles. The van der Waals surface area contributed by atoms with Gasteiger partial charge >= 0.3 is 5.97 Å². The molecule has 0 aromatic heterocycles. The fraction of sp³-hybridized carbons (Fsp3) is 0.750. The molecule has 0 spiro atoms. The van der Waals surface area contributed by atoms with Crippen molar-refractivity contribution in [3.8, 4) is 0 Å². The molecular formula is C8H12O3. The maximum absolute atomic E-state index is 11.0. The van der Waals surface area contributed by atoms with Crippen LogP contribution in [0.1, 0.15) is 13.8 Å². The van der Waals surface area contributed by atoms with Gasteiger partial charge in [0.05, 0.1) is 13.0 Å². The Morgan fingerprint density at radius 2 is 2.09 bits per heavy atom. The lowest BCUT2D eigenvalue weighted by Gasteiger charge is -1.98.